The normalized spacial score (nSPS) is 12.7. The summed E-state index contributed by atoms with van der Waals surface area (Å²) < 4.78 is 1.83. The first kappa shape index (κ1) is 11.3. The lowest BCUT2D eigenvalue weighted by Crippen LogP contribution is -2.22. The quantitative estimate of drug-likeness (QED) is 0.441. The van der Waals surface area contributed by atoms with Crippen LogP contribution < -0.4 is 5.32 Å². The number of thioether (sulfide) groups is 1. The minimum absolute atomic E-state index is 0.555. The molecule has 1 heterocycles. The molecule has 1 unspecified atom stereocenters. The molecule has 1 rings (SSSR count). The fraction of sp³-hybridized carbons (Fsp3) is 0.500. The number of nitrogens with zero attached hydrogens (tertiary/aromatic N) is 2. The van der Waals surface area contributed by atoms with Crippen LogP contribution in [0.4, 0.5) is 0 Å². The van der Waals surface area contributed by atoms with Crippen LogP contribution >= 0.6 is 11.8 Å². The highest BCUT2D eigenvalue weighted by atomic mass is 32.2. The summed E-state index contributed by atoms with van der Waals surface area (Å²) in [5.74, 6) is 0. The van der Waals surface area contributed by atoms with Crippen LogP contribution in [-0.4, -0.2) is 28.1 Å². The largest absolute Gasteiger partial charge is 0.312 e. The Morgan fingerprint density at radius 2 is 2.57 bits per heavy atom. The van der Waals surface area contributed by atoms with Gasteiger partial charge in [0.25, 0.3) is 0 Å². The van der Waals surface area contributed by atoms with Crippen LogP contribution in [0.15, 0.2) is 29.9 Å². The van der Waals surface area contributed by atoms with E-state index in [0.717, 1.165) is 13.1 Å². The Balaban J connectivity index is 2.26. The van der Waals surface area contributed by atoms with Gasteiger partial charge in [-0.1, -0.05) is 13.0 Å². The third-order valence-corrected chi connectivity index (χ3v) is 2.79. The van der Waals surface area contributed by atoms with Crippen molar-refractivity contribution in [3.05, 3.63) is 25.0 Å². The molecule has 0 spiro atoms. The van der Waals surface area contributed by atoms with Crippen LogP contribution in [0.25, 0.3) is 0 Å². The van der Waals surface area contributed by atoms with Gasteiger partial charge in [-0.25, -0.2) is 0 Å². The molecular weight excluding hydrogens is 194 g/mol. The Bertz CT molecular complexity index is 283. The molecule has 1 atom stereocenters. The van der Waals surface area contributed by atoms with Crippen molar-refractivity contribution in [3.8, 4) is 0 Å². The monoisotopic (exact) mass is 211 g/mol. The van der Waals surface area contributed by atoms with Gasteiger partial charge >= 0.3 is 0 Å². The molecule has 3 nitrogen and oxygen atoms in total. The zero-order valence-corrected chi connectivity index (χ0v) is 9.55. The van der Waals surface area contributed by atoms with Crippen LogP contribution in [0.5, 0.6) is 0 Å². The smallest absolute Gasteiger partial charge is 0.0625 e. The zero-order chi connectivity index (χ0) is 10.4. The average molecular weight is 211 g/mol. The summed E-state index contributed by atoms with van der Waals surface area (Å²) in [6.45, 7) is 7.73. The van der Waals surface area contributed by atoms with E-state index in [1.54, 1.807) is 0 Å². The number of rotatable bonds is 6. The zero-order valence-electron chi connectivity index (χ0n) is 8.73. The van der Waals surface area contributed by atoms with E-state index < -0.39 is 0 Å². The Kier molecular flexibility index (Phi) is 4.76. The second-order valence-electron chi connectivity index (χ2n) is 3.23. The van der Waals surface area contributed by atoms with Crippen molar-refractivity contribution < 1.29 is 0 Å². The summed E-state index contributed by atoms with van der Waals surface area (Å²) in [5, 5.41) is 7.98. The number of hydrogen-bond acceptors (Lipinski definition) is 3. The second-order valence-corrected chi connectivity index (χ2v) is 4.74. The standard InChI is InChI=1S/C10H17N3S/c1-4-5-11-6-9(2)14-10-7-12-13(3)8-10/h4,7-9,11H,1,5-6H2,2-3H3. The van der Waals surface area contributed by atoms with E-state index >= 15 is 0 Å². The van der Waals surface area contributed by atoms with Gasteiger partial charge in [0.05, 0.1) is 6.20 Å². The molecule has 1 N–H and O–H groups in total. The van der Waals surface area contributed by atoms with Gasteiger partial charge in [0, 0.05) is 36.5 Å². The van der Waals surface area contributed by atoms with E-state index in [9.17, 15) is 0 Å². The van der Waals surface area contributed by atoms with E-state index in [-0.39, 0.29) is 0 Å². The third-order valence-electron chi connectivity index (χ3n) is 1.74. The SMILES string of the molecule is C=CCNCC(C)Sc1cnn(C)c1. The number of hydrogen-bond donors (Lipinski definition) is 1. The molecule has 0 aromatic carbocycles. The highest BCUT2D eigenvalue weighted by molar-refractivity contribution is 8.00. The highest BCUT2D eigenvalue weighted by Gasteiger charge is 2.04. The Labute approximate surface area is 89.6 Å². The predicted molar refractivity (Wildman–Crippen MR) is 61.6 cm³/mol. The molecule has 78 valence electrons. The lowest BCUT2D eigenvalue weighted by Gasteiger charge is -2.09. The number of aryl methyl sites for hydroxylation is 1. The summed E-state index contributed by atoms with van der Waals surface area (Å²) >= 11 is 1.83. The highest BCUT2D eigenvalue weighted by Crippen LogP contribution is 2.21. The Morgan fingerprint density at radius 1 is 1.79 bits per heavy atom. The lowest BCUT2D eigenvalue weighted by atomic mass is 10.4. The summed E-state index contributed by atoms with van der Waals surface area (Å²) in [5.41, 5.74) is 0. The topological polar surface area (TPSA) is 29.9 Å². The lowest BCUT2D eigenvalue weighted by molar-refractivity contribution is 0.740. The third kappa shape index (κ3) is 3.98. The first-order valence-electron chi connectivity index (χ1n) is 4.69. The van der Waals surface area contributed by atoms with Gasteiger partial charge in [-0.05, 0) is 0 Å². The van der Waals surface area contributed by atoms with Crippen molar-refractivity contribution in [3.63, 3.8) is 0 Å². The van der Waals surface area contributed by atoms with Crippen molar-refractivity contribution in [2.45, 2.75) is 17.1 Å². The summed E-state index contributed by atoms with van der Waals surface area (Å²) in [6.07, 6.45) is 5.81. The molecule has 0 aliphatic rings. The van der Waals surface area contributed by atoms with Crippen molar-refractivity contribution in [2.24, 2.45) is 7.05 Å². The van der Waals surface area contributed by atoms with Crippen molar-refractivity contribution >= 4 is 11.8 Å². The minimum Gasteiger partial charge on any atom is -0.312 e. The predicted octanol–water partition coefficient (Wildman–Crippen LogP) is 1.68. The summed E-state index contributed by atoms with van der Waals surface area (Å²) in [6, 6.07) is 0. The van der Waals surface area contributed by atoms with E-state index in [2.05, 4.69) is 23.9 Å². The number of nitrogens with one attached hydrogen (secondary N) is 1. The van der Waals surface area contributed by atoms with E-state index in [4.69, 9.17) is 0 Å². The van der Waals surface area contributed by atoms with E-state index in [0.29, 0.717) is 5.25 Å². The van der Waals surface area contributed by atoms with Gasteiger partial charge < -0.3 is 5.32 Å². The van der Waals surface area contributed by atoms with Gasteiger partial charge in [0.1, 0.15) is 0 Å². The fourth-order valence-electron chi connectivity index (χ4n) is 1.12. The van der Waals surface area contributed by atoms with Crippen LogP contribution in [0.2, 0.25) is 0 Å². The first-order valence-corrected chi connectivity index (χ1v) is 5.57. The molecule has 1 aromatic heterocycles. The molecule has 14 heavy (non-hydrogen) atoms. The molecule has 0 bridgehead atoms. The molecule has 0 fully saturated rings. The maximum Gasteiger partial charge on any atom is 0.0625 e. The van der Waals surface area contributed by atoms with Gasteiger partial charge in [0.15, 0.2) is 0 Å². The Hall–Kier alpha value is -0.740. The number of aromatic nitrogens is 2. The molecule has 4 heteroatoms. The van der Waals surface area contributed by atoms with Crippen LogP contribution in [0, 0.1) is 0 Å². The maximum atomic E-state index is 4.13. The van der Waals surface area contributed by atoms with Crippen molar-refractivity contribution in [1.29, 1.82) is 0 Å². The molecule has 0 saturated carbocycles. The van der Waals surface area contributed by atoms with Gasteiger partial charge in [-0.3, -0.25) is 4.68 Å². The summed E-state index contributed by atoms with van der Waals surface area (Å²) in [7, 11) is 1.94. The molecule has 0 radical (unpaired) electrons. The van der Waals surface area contributed by atoms with Gasteiger partial charge in [-0.2, -0.15) is 5.10 Å². The molecule has 1 aromatic rings. The summed E-state index contributed by atoms with van der Waals surface area (Å²) in [4.78, 5) is 1.22. The molecule has 0 amide bonds. The van der Waals surface area contributed by atoms with Gasteiger partial charge in [0.2, 0.25) is 0 Å². The fourth-order valence-corrected chi connectivity index (χ4v) is 2.11. The molecule has 0 aliphatic heterocycles. The van der Waals surface area contributed by atoms with Crippen molar-refractivity contribution in [1.82, 2.24) is 15.1 Å². The van der Waals surface area contributed by atoms with Crippen molar-refractivity contribution in [2.75, 3.05) is 13.1 Å². The minimum atomic E-state index is 0.555. The molecule has 0 saturated heterocycles. The van der Waals surface area contributed by atoms with Crippen LogP contribution in [0.3, 0.4) is 0 Å². The maximum absolute atomic E-state index is 4.13. The van der Waals surface area contributed by atoms with Gasteiger partial charge in [-0.15, -0.1) is 18.3 Å². The first-order chi connectivity index (χ1) is 6.72. The average Bonchev–Trinajstić information content (AvgIpc) is 2.52. The molecule has 0 aliphatic carbocycles. The molecular formula is C10H17N3S. The second kappa shape index (κ2) is 5.88. The van der Waals surface area contributed by atoms with E-state index in [1.807, 2.05) is 42.0 Å². The van der Waals surface area contributed by atoms with E-state index in [1.165, 1.54) is 4.90 Å². The van der Waals surface area contributed by atoms with Crippen LogP contribution in [0.1, 0.15) is 6.92 Å². The van der Waals surface area contributed by atoms with Crippen LogP contribution in [-0.2, 0) is 7.05 Å². The Morgan fingerprint density at radius 3 is 3.14 bits per heavy atom.